The fourth-order valence-electron chi connectivity index (χ4n) is 7.44. The summed E-state index contributed by atoms with van der Waals surface area (Å²) in [7, 11) is -2.18. The molecule has 0 spiro atoms. The minimum Gasteiger partial charge on any atom is -0.443 e. The summed E-state index contributed by atoms with van der Waals surface area (Å²) in [5.74, 6) is -0.386. The number of amides is 2. The molecule has 272 valence electrons. The molecule has 12 nitrogen and oxygen atoms in total. The molecule has 3 fully saturated rings. The molecule has 5 atom stereocenters. The lowest BCUT2D eigenvalue weighted by atomic mass is 9.94. The smallest absolute Gasteiger partial charge is 0.407 e. The Morgan fingerprint density at radius 2 is 1.84 bits per heavy atom. The highest BCUT2D eigenvalue weighted by atomic mass is 32.2. The molecule has 2 saturated heterocycles. The van der Waals surface area contributed by atoms with E-state index < -0.39 is 34.4 Å². The molecule has 3 heterocycles. The maximum Gasteiger partial charge on any atom is 0.407 e. The van der Waals surface area contributed by atoms with Gasteiger partial charge < -0.3 is 34.9 Å². The first-order valence-corrected chi connectivity index (χ1v) is 19.3. The largest absolute Gasteiger partial charge is 0.443 e. The number of anilines is 1. The third kappa shape index (κ3) is 8.34. The van der Waals surface area contributed by atoms with Gasteiger partial charge in [0.25, 0.3) is 5.91 Å². The van der Waals surface area contributed by atoms with E-state index >= 15 is 0 Å². The number of nitrogens with one attached hydrogen (secondary N) is 2. The number of alkyl carbamates (subject to hydrolysis) is 1. The number of aliphatic hydroxyl groups is 1. The molecule has 13 heteroatoms. The minimum absolute atomic E-state index is 0.0216. The second-order valence-electron chi connectivity index (χ2n) is 14.4. The van der Waals surface area contributed by atoms with Crippen LogP contribution in [0.5, 0.6) is 0 Å². The molecular formula is C37H50N4O8S. The number of benzene rings is 2. The van der Waals surface area contributed by atoms with Gasteiger partial charge in [-0.1, -0.05) is 63.4 Å². The van der Waals surface area contributed by atoms with Gasteiger partial charge in [0.1, 0.15) is 6.10 Å². The summed E-state index contributed by atoms with van der Waals surface area (Å²) in [5.41, 5.74) is 2.37. The number of rotatable bonds is 13. The van der Waals surface area contributed by atoms with E-state index in [0.717, 1.165) is 37.7 Å². The second-order valence-corrected chi connectivity index (χ2v) is 16.3. The van der Waals surface area contributed by atoms with E-state index in [2.05, 4.69) is 15.5 Å². The van der Waals surface area contributed by atoms with Crippen LogP contribution in [-0.2, 0) is 35.4 Å². The number of hydrogen-bond donors (Lipinski definition) is 3. The van der Waals surface area contributed by atoms with Gasteiger partial charge >= 0.3 is 6.09 Å². The summed E-state index contributed by atoms with van der Waals surface area (Å²) in [6.45, 7) is 4.44. The molecule has 5 unspecified atom stereocenters. The van der Waals surface area contributed by atoms with Crippen molar-refractivity contribution in [3.05, 3.63) is 65.9 Å². The average molecular weight is 711 g/mol. The number of aliphatic hydroxyl groups excluding tert-OH is 1. The number of hydrogen-bond acceptors (Lipinski definition) is 9. The lowest BCUT2D eigenvalue weighted by Crippen LogP contribution is -2.51. The molecular weight excluding hydrogens is 660 g/mol. The van der Waals surface area contributed by atoms with Gasteiger partial charge in [0.05, 0.1) is 41.7 Å². The molecule has 50 heavy (non-hydrogen) atoms. The summed E-state index contributed by atoms with van der Waals surface area (Å²) in [4.78, 5) is 28.4. The SMILES string of the molecule is CC(C)CN(CC(O)C(Cc1ccccc1)NC(=O)OC1COC2OCCC12)S(=O)(=O)c1ccc2c(c1)/C(=C/N(C)C1CCCCC1)C(=O)N2. The Morgan fingerprint density at radius 1 is 1.08 bits per heavy atom. The third-order valence-electron chi connectivity index (χ3n) is 10.2. The first-order chi connectivity index (χ1) is 24.0. The van der Waals surface area contributed by atoms with Gasteiger partial charge in [0.2, 0.25) is 10.0 Å². The second kappa shape index (κ2) is 15.8. The number of carbonyl (C=O) groups excluding carboxylic acids is 2. The molecule has 2 amide bonds. The molecule has 2 aromatic carbocycles. The zero-order valence-corrected chi connectivity index (χ0v) is 29.9. The summed E-state index contributed by atoms with van der Waals surface area (Å²) in [6, 6.07) is 13.5. The predicted molar refractivity (Wildman–Crippen MR) is 188 cm³/mol. The van der Waals surface area contributed by atoms with Crippen LogP contribution in [0.3, 0.4) is 0 Å². The van der Waals surface area contributed by atoms with Crippen molar-refractivity contribution in [1.82, 2.24) is 14.5 Å². The van der Waals surface area contributed by atoms with Gasteiger partial charge in [0.15, 0.2) is 6.29 Å². The zero-order chi connectivity index (χ0) is 35.4. The van der Waals surface area contributed by atoms with Gasteiger partial charge in [-0.25, -0.2) is 13.2 Å². The van der Waals surface area contributed by atoms with Crippen LogP contribution in [0, 0.1) is 11.8 Å². The van der Waals surface area contributed by atoms with E-state index in [-0.39, 0.29) is 55.0 Å². The molecule has 2 aromatic rings. The Hall–Kier alpha value is -3.49. The van der Waals surface area contributed by atoms with Crippen LogP contribution in [0.4, 0.5) is 10.5 Å². The number of sulfonamides is 1. The number of nitrogens with zero attached hydrogens (tertiary/aromatic N) is 2. The lowest BCUT2D eigenvalue weighted by Gasteiger charge is -2.31. The molecule has 0 bridgehead atoms. The van der Waals surface area contributed by atoms with Crippen LogP contribution in [0.2, 0.25) is 0 Å². The topological polar surface area (TPSA) is 147 Å². The van der Waals surface area contributed by atoms with E-state index in [1.54, 1.807) is 12.1 Å². The van der Waals surface area contributed by atoms with E-state index in [1.165, 1.54) is 16.8 Å². The molecule has 6 rings (SSSR count). The zero-order valence-electron chi connectivity index (χ0n) is 29.1. The summed E-state index contributed by atoms with van der Waals surface area (Å²) < 4.78 is 46.8. The Balaban J connectivity index is 1.22. The Bertz CT molecular complexity index is 1650. The summed E-state index contributed by atoms with van der Waals surface area (Å²) in [6.07, 6.45) is 5.58. The normalized spacial score (nSPS) is 24.2. The third-order valence-corrected chi connectivity index (χ3v) is 12.0. The van der Waals surface area contributed by atoms with Crippen molar-refractivity contribution >= 4 is 33.3 Å². The summed E-state index contributed by atoms with van der Waals surface area (Å²) >= 11 is 0. The molecule has 0 aromatic heterocycles. The van der Waals surface area contributed by atoms with Crippen molar-refractivity contribution in [2.75, 3.05) is 38.7 Å². The van der Waals surface area contributed by atoms with Gasteiger partial charge in [-0.15, -0.1) is 0 Å². The van der Waals surface area contributed by atoms with Crippen LogP contribution in [-0.4, -0.2) is 98.7 Å². The van der Waals surface area contributed by atoms with E-state index in [1.807, 2.05) is 57.4 Å². The van der Waals surface area contributed by atoms with Gasteiger partial charge in [-0.05, 0) is 55.4 Å². The van der Waals surface area contributed by atoms with Crippen molar-refractivity contribution in [3.63, 3.8) is 0 Å². The molecule has 1 aliphatic carbocycles. The van der Waals surface area contributed by atoms with Crippen LogP contribution >= 0.6 is 0 Å². The van der Waals surface area contributed by atoms with Crippen molar-refractivity contribution < 1.29 is 37.3 Å². The fraction of sp³-hybridized carbons (Fsp3) is 0.568. The predicted octanol–water partition coefficient (Wildman–Crippen LogP) is 4.35. The molecule has 3 N–H and O–H groups in total. The van der Waals surface area contributed by atoms with Crippen LogP contribution < -0.4 is 10.6 Å². The van der Waals surface area contributed by atoms with Crippen molar-refractivity contribution in [2.45, 2.75) is 94.3 Å². The Kier molecular flexibility index (Phi) is 11.5. The molecule has 3 aliphatic heterocycles. The highest BCUT2D eigenvalue weighted by Crippen LogP contribution is 2.36. The van der Waals surface area contributed by atoms with Crippen LogP contribution in [0.25, 0.3) is 5.57 Å². The maximum atomic E-state index is 14.3. The van der Waals surface area contributed by atoms with Crippen LogP contribution in [0.1, 0.15) is 63.5 Å². The first-order valence-electron chi connectivity index (χ1n) is 17.8. The highest BCUT2D eigenvalue weighted by molar-refractivity contribution is 7.89. The number of carbonyl (C=O) groups is 2. The number of ether oxygens (including phenoxy) is 3. The highest BCUT2D eigenvalue weighted by Gasteiger charge is 2.44. The molecule has 1 saturated carbocycles. The minimum atomic E-state index is -4.15. The van der Waals surface area contributed by atoms with Gasteiger partial charge in [0, 0.05) is 43.6 Å². The van der Waals surface area contributed by atoms with Crippen molar-refractivity contribution in [3.8, 4) is 0 Å². The monoisotopic (exact) mass is 710 g/mol. The maximum absolute atomic E-state index is 14.3. The Morgan fingerprint density at radius 3 is 2.58 bits per heavy atom. The van der Waals surface area contributed by atoms with E-state index in [0.29, 0.717) is 29.5 Å². The lowest BCUT2D eigenvalue weighted by molar-refractivity contribution is -0.110. The molecule has 0 radical (unpaired) electrons. The Labute approximate surface area is 295 Å². The fourth-order valence-corrected chi connectivity index (χ4v) is 9.09. The average Bonchev–Trinajstić information content (AvgIpc) is 3.80. The van der Waals surface area contributed by atoms with Gasteiger partial charge in [-0.3, -0.25) is 4.79 Å². The van der Waals surface area contributed by atoms with Crippen molar-refractivity contribution in [2.24, 2.45) is 11.8 Å². The molecule has 4 aliphatic rings. The van der Waals surface area contributed by atoms with Gasteiger partial charge in [-0.2, -0.15) is 4.31 Å². The van der Waals surface area contributed by atoms with Crippen molar-refractivity contribution in [1.29, 1.82) is 0 Å². The van der Waals surface area contributed by atoms with Crippen LogP contribution in [0.15, 0.2) is 59.6 Å². The van der Waals surface area contributed by atoms with E-state index in [4.69, 9.17) is 14.2 Å². The summed E-state index contributed by atoms with van der Waals surface area (Å²) in [5, 5.41) is 17.4. The quantitative estimate of drug-likeness (QED) is 0.258. The standard InChI is InChI=1S/C37H50N4O8S/c1-24(2)20-41(50(45,46)27-14-15-31-29(19-27)30(35(43)38-31)21-40(3)26-12-8-5-9-13-26)22-33(42)32(18-25-10-6-4-7-11-25)39-37(44)49-34-23-48-36-28(34)16-17-47-36/h4,6-7,10-11,14-15,19,21,24,26,28,32-34,36,42H,5,8-9,12-13,16-18,20,22-23H2,1-3H3,(H,38,43)(H,39,44)/b30-21-. The van der Waals surface area contributed by atoms with E-state index in [9.17, 15) is 23.1 Å². The first kappa shape index (κ1) is 36.3. The number of fused-ring (bicyclic) bond motifs is 2.